The molecule has 0 aliphatic rings. The first-order valence-corrected chi connectivity index (χ1v) is 5.08. The Bertz CT molecular complexity index is 422. The van der Waals surface area contributed by atoms with Gasteiger partial charge in [-0.3, -0.25) is 4.79 Å². The highest BCUT2D eigenvalue weighted by Crippen LogP contribution is 1.99. The quantitative estimate of drug-likeness (QED) is 0.477. The van der Waals surface area contributed by atoms with Crippen LogP contribution in [0.2, 0.25) is 0 Å². The smallest absolute Gasteiger partial charge is 0.247 e. The van der Waals surface area contributed by atoms with Gasteiger partial charge in [-0.05, 0) is 17.7 Å². The molecule has 4 heteroatoms. The molecule has 0 aliphatic heterocycles. The van der Waals surface area contributed by atoms with E-state index in [0.717, 1.165) is 5.56 Å². The van der Waals surface area contributed by atoms with E-state index in [1.807, 2.05) is 36.4 Å². The predicted molar refractivity (Wildman–Crippen MR) is 68.3 cm³/mol. The Morgan fingerprint density at radius 1 is 1.35 bits per heavy atom. The van der Waals surface area contributed by atoms with Gasteiger partial charge in [-0.2, -0.15) is 0 Å². The van der Waals surface area contributed by atoms with E-state index in [-0.39, 0.29) is 5.91 Å². The van der Waals surface area contributed by atoms with Crippen LogP contribution in [-0.4, -0.2) is 19.2 Å². The molecule has 0 spiro atoms. The molecule has 0 atom stereocenters. The van der Waals surface area contributed by atoms with Crippen LogP contribution >= 0.6 is 0 Å². The Kier molecular flexibility index (Phi) is 5.88. The maximum atomic E-state index is 11.2. The van der Waals surface area contributed by atoms with E-state index in [4.69, 9.17) is 0 Å². The summed E-state index contributed by atoms with van der Waals surface area (Å²) in [5.41, 5.74) is 1.03. The van der Waals surface area contributed by atoms with Crippen LogP contribution in [0.25, 0.3) is 6.08 Å². The highest BCUT2D eigenvalue weighted by molar-refractivity contribution is 5.92. The SMILES string of the molecule is CO/N=C/C=C\C(=O)N/C=C/c1ccccc1. The number of hydrogen-bond donors (Lipinski definition) is 1. The lowest BCUT2D eigenvalue weighted by atomic mass is 10.2. The van der Waals surface area contributed by atoms with Crippen molar-refractivity contribution in [2.75, 3.05) is 7.11 Å². The van der Waals surface area contributed by atoms with E-state index in [2.05, 4.69) is 15.3 Å². The molecule has 88 valence electrons. The zero-order chi connectivity index (χ0) is 12.3. The van der Waals surface area contributed by atoms with Crippen molar-refractivity contribution in [3.63, 3.8) is 0 Å². The molecule has 0 unspecified atom stereocenters. The second kappa shape index (κ2) is 7.87. The maximum Gasteiger partial charge on any atom is 0.247 e. The van der Waals surface area contributed by atoms with Crippen LogP contribution in [0.3, 0.4) is 0 Å². The molecule has 0 fully saturated rings. The molecular weight excluding hydrogens is 216 g/mol. The summed E-state index contributed by atoms with van der Waals surface area (Å²) in [4.78, 5) is 15.7. The van der Waals surface area contributed by atoms with Gasteiger partial charge in [-0.25, -0.2) is 0 Å². The third-order valence-electron chi connectivity index (χ3n) is 1.80. The minimum Gasteiger partial charge on any atom is -0.399 e. The lowest BCUT2D eigenvalue weighted by Crippen LogP contribution is -2.13. The van der Waals surface area contributed by atoms with Crippen LogP contribution in [0.5, 0.6) is 0 Å². The number of oxime groups is 1. The first-order valence-electron chi connectivity index (χ1n) is 5.08. The van der Waals surface area contributed by atoms with Crippen LogP contribution in [0.1, 0.15) is 5.56 Å². The van der Waals surface area contributed by atoms with Crippen LogP contribution in [0.4, 0.5) is 0 Å². The van der Waals surface area contributed by atoms with Gasteiger partial charge in [0.15, 0.2) is 0 Å². The molecule has 1 aromatic carbocycles. The fourth-order valence-electron chi connectivity index (χ4n) is 1.06. The molecule has 1 amide bonds. The summed E-state index contributed by atoms with van der Waals surface area (Å²) < 4.78 is 0. The van der Waals surface area contributed by atoms with Crippen molar-refractivity contribution in [1.82, 2.24) is 5.32 Å². The lowest BCUT2D eigenvalue weighted by molar-refractivity contribution is -0.115. The molecule has 0 radical (unpaired) electrons. The number of nitrogens with one attached hydrogen (secondary N) is 1. The van der Waals surface area contributed by atoms with Gasteiger partial charge in [0.25, 0.3) is 0 Å². The van der Waals surface area contributed by atoms with Crippen molar-refractivity contribution in [3.8, 4) is 0 Å². The number of carbonyl (C=O) groups is 1. The number of benzene rings is 1. The molecule has 1 N–H and O–H groups in total. The van der Waals surface area contributed by atoms with E-state index < -0.39 is 0 Å². The first kappa shape index (κ1) is 12.7. The third-order valence-corrected chi connectivity index (χ3v) is 1.80. The Morgan fingerprint density at radius 2 is 2.12 bits per heavy atom. The summed E-state index contributed by atoms with van der Waals surface area (Å²) in [5.74, 6) is -0.222. The highest BCUT2D eigenvalue weighted by atomic mass is 16.6. The Labute approximate surface area is 100 Å². The van der Waals surface area contributed by atoms with Crippen LogP contribution in [0.15, 0.2) is 53.8 Å². The molecule has 1 aromatic rings. The summed E-state index contributed by atoms with van der Waals surface area (Å²) in [6.07, 6.45) is 7.65. The molecule has 0 saturated carbocycles. The second-order valence-electron chi connectivity index (χ2n) is 3.05. The Hall–Kier alpha value is -2.36. The number of carbonyl (C=O) groups excluding carboxylic acids is 1. The van der Waals surface area contributed by atoms with Crippen molar-refractivity contribution in [2.24, 2.45) is 5.16 Å². The van der Waals surface area contributed by atoms with Gasteiger partial charge < -0.3 is 10.2 Å². The van der Waals surface area contributed by atoms with Crippen molar-refractivity contribution >= 4 is 18.2 Å². The van der Waals surface area contributed by atoms with E-state index in [9.17, 15) is 4.79 Å². The fraction of sp³-hybridized carbons (Fsp3) is 0.0769. The average molecular weight is 230 g/mol. The van der Waals surface area contributed by atoms with E-state index >= 15 is 0 Å². The van der Waals surface area contributed by atoms with Crippen LogP contribution in [-0.2, 0) is 9.63 Å². The number of allylic oxidation sites excluding steroid dienone is 1. The highest BCUT2D eigenvalue weighted by Gasteiger charge is 1.88. The monoisotopic (exact) mass is 230 g/mol. The van der Waals surface area contributed by atoms with Crippen molar-refractivity contribution in [3.05, 3.63) is 54.2 Å². The molecule has 17 heavy (non-hydrogen) atoms. The number of hydrogen-bond acceptors (Lipinski definition) is 3. The largest absolute Gasteiger partial charge is 0.399 e. The van der Waals surface area contributed by atoms with Crippen LogP contribution < -0.4 is 5.32 Å². The van der Waals surface area contributed by atoms with Gasteiger partial charge in [0, 0.05) is 12.3 Å². The van der Waals surface area contributed by atoms with Gasteiger partial charge in [-0.15, -0.1) is 0 Å². The number of rotatable bonds is 5. The standard InChI is InChI=1S/C13H14N2O2/c1-17-15-10-5-8-13(16)14-11-9-12-6-3-2-4-7-12/h2-11H,1H3,(H,14,16)/b8-5-,11-9+,15-10+. The van der Waals surface area contributed by atoms with E-state index in [0.29, 0.717) is 0 Å². The molecule has 0 bridgehead atoms. The Morgan fingerprint density at radius 3 is 2.82 bits per heavy atom. The van der Waals surface area contributed by atoms with Gasteiger partial charge in [-0.1, -0.05) is 35.5 Å². The third kappa shape index (κ3) is 5.94. The van der Waals surface area contributed by atoms with Gasteiger partial charge in [0.1, 0.15) is 7.11 Å². The maximum absolute atomic E-state index is 11.2. The Balaban J connectivity index is 2.36. The summed E-state index contributed by atoms with van der Waals surface area (Å²) in [5, 5.41) is 6.06. The fourth-order valence-corrected chi connectivity index (χ4v) is 1.06. The zero-order valence-corrected chi connectivity index (χ0v) is 9.54. The number of amides is 1. The molecule has 4 nitrogen and oxygen atoms in total. The molecule has 0 heterocycles. The van der Waals surface area contributed by atoms with Crippen molar-refractivity contribution < 1.29 is 9.63 Å². The average Bonchev–Trinajstić information content (AvgIpc) is 2.36. The molecule has 0 saturated heterocycles. The first-order chi connectivity index (χ1) is 8.33. The summed E-state index contributed by atoms with van der Waals surface area (Å²) in [7, 11) is 1.44. The molecule has 0 aromatic heterocycles. The summed E-state index contributed by atoms with van der Waals surface area (Å²) in [6.45, 7) is 0. The van der Waals surface area contributed by atoms with E-state index in [1.165, 1.54) is 25.5 Å². The van der Waals surface area contributed by atoms with Gasteiger partial charge >= 0.3 is 0 Å². The van der Waals surface area contributed by atoms with Gasteiger partial charge in [0.05, 0.1) is 6.21 Å². The van der Waals surface area contributed by atoms with Crippen molar-refractivity contribution in [1.29, 1.82) is 0 Å². The molecular formula is C13H14N2O2. The summed E-state index contributed by atoms with van der Waals surface area (Å²) in [6, 6.07) is 9.70. The van der Waals surface area contributed by atoms with Crippen LogP contribution in [0, 0.1) is 0 Å². The zero-order valence-electron chi connectivity index (χ0n) is 9.54. The topological polar surface area (TPSA) is 50.7 Å². The van der Waals surface area contributed by atoms with Crippen molar-refractivity contribution in [2.45, 2.75) is 0 Å². The minimum atomic E-state index is -0.222. The number of nitrogens with zero attached hydrogens (tertiary/aromatic N) is 1. The second-order valence-corrected chi connectivity index (χ2v) is 3.05. The lowest BCUT2D eigenvalue weighted by Gasteiger charge is -1.93. The summed E-state index contributed by atoms with van der Waals surface area (Å²) >= 11 is 0. The normalized spacial score (nSPS) is 11.4. The molecule has 1 rings (SSSR count). The van der Waals surface area contributed by atoms with E-state index in [1.54, 1.807) is 6.20 Å². The molecule has 0 aliphatic carbocycles. The van der Waals surface area contributed by atoms with Gasteiger partial charge in [0.2, 0.25) is 5.91 Å². The minimum absolute atomic E-state index is 0.222. The predicted octanol–water partition coefficient (Wildman–Crippen LogP) is 1.96.